The Hall–Kier alpha value is 0.220. The van der Waals surface area contributed by atoms with Crippen LogP contribution >= 0.6 is 11.8 Å². The van der Waals surface area contributed by atoms with Crippen molar-refractivity contribution in [2.24, 2.45) is 5.14 Å². The van der Waals surface area contributed by atoms with Gasteiger partial charge in [-0.3, -0.25) is 0 Å². The zero-order valence-corrected chi connectivity index (χ0v) is 10.7. The number of thioether (sulfide) groups is 1. The maximum absolute atomic E-state index is 10.7. The number of rotatable bonds is 6. The third-order valence-electron chi connectivity index (χ3n) is 2.61. The average Bonchev–Trinajstić information content (AvgIpc) is 2.51. The first-order chi connectivity index (χ1) is 7.01. The monoisotopic (exact) mass is 252 g/mol. The topological polar surface area (TPSA) is 72.2 Å². The molecule has 2 unspecified atom stereocenters. The zero-order chi connectivity index (χ0) is 11.3. The lowest BCUT2D eigenvalue weighted by atomic mass is 10.2. The van der Waals surface area contributed by atoms with E-state index in [4.69, 9.17) is 5.14 Å². The van der Waals surface area contributed by atoms with Crippen LogP contribution in [0.1, 0.15) is 26.2 Å². The van der Waals surface area contributed by atoms with Gasteiger partial charge in [-0.25, -0.2) is 13.6 Å². The minimum absolute atomic E-state index is 0.0368. The van der Waals surface area contributed by atoms with Gasteiger partial charge < -0.3 is 5.32 Å². The number of primary sulfonamides is 1. The van der Waals surface area contributed by atoms with Gasteiger partial charge in [-0.15, -0.1) is 0 Å². The Bertz CT molecular complexity index is 280. The highest BCUT2D eigenvalue weighted by Gasteiger charge is 2.23. The van der Waals surface area contributed by atoms with Crippen molar-refractivity contribution >= 4 is 21.8 Å². The summed E-state index contributed by atoms with van der Waals surface area (Å²) >= 11 is 2.00. The molecule has 0 heterocycles. The van der Waals surface area contributed by atoms with E-state index in [9.17, 15) is 8.42 Å². The molecule has 1 aliphatic rings. The molecule has 0 saturated heterocycles. The molecule has 3 N–H and O–H groups in total. The van der Waals surface area contributed by atoms with E-state index in [1.54, 1.807) is 0 Å². The summed E-state index contributed by atoms with van der Waals surface area (Å²) in [4.78, 5) is 0. The Morgan fingerprint density at radius 2 is 2.20 bits per heavy atom. The molecule has 2 atom stereocenters. The summed E-state index contributed by atoms with van der Waals surface area (Å²) in [6.45, 7) is 2.65. The fourth-order valence-electron chi connectivity index (χ4n) is 1.92. The van der Waals surface area contributed by atoms with E-state index in [0.29, 0.717) is 12.6 Å². The molecule has 0 radical (unpaired) electrons. The van der Waals surface area contributed by atoms with Crippen molar-refractivity contribution in [3.63, 3.8) is 0 Å². The van der Waals surface area contributed by atoms with Crippen molar-refractivity contribution in [3.8, 4) is 0 Å². The highest BCUT2D eigenvalue weighted by Crippen LogP contribution is 2.29. The Kier molecular flexibility index (Phi) is 5.38. The molecule has 1 aliphatic carbocycles. The van der Waals surface area contributed by atoms with E-state index in [2.05, 4.69) is 12.2 Å². The Morgan fingerprint density at radius 1 is 1.47 bits per heavy atom. The highest BCUT2D eigenvalue weighted by molar-refractivity contribution is 7.99. The first kappa shape index (κ1) is 13.3. The number of nitrogens with two attached hydrogens (primary N) is 1. The lowest BCUT2D eigenvalue weighted by Gasteiger charge is -2.12. The SMILES string of the molecule is CCSC1CCC(NCCS(N)(=O)=O)C1. The van der Waals surface area contributed by atoms with Crippen molar-refractivity contribution in [3.05, 3.63) is 0 Å². The first-order valence-electron chi connectivity index (χ1n) is 5.36. The van der Waals surface area contributed by atoms with Gasteiger partial charge in [-0.05, 0) is 25.0 Å². The molecule has 4 nitrogen and oxygen atoms in total. The van der Waals surface area contributed by atoms with Gasteiger partial charge in [0.2, 0.25) is 10.0 Å². The third kappa shape index (κ3) is 5.75. The largest absolute Gasteiger partial charge is 0.313 e. The van der Waals surface area contributed by atoms with Gasteiger partial charge >= 0.3 is 0 Å². The van der Waals surface area contributed by atoms with Crippen LogP contribution in [0.4, 0.5) is 0 Å². The van der Waals surface area contributed by atoms with Gasteiger partial charge in [0, 0.05) is 17.8 Å². The standard InChI is InChI=1S/C9H20N2O2S2/c1-2-14-9-4-3-8(7-9)11-5-6-15(10,12)13/h8-9,11H,2-7H2,1H3,(H2,10,12,13). The molecular weight excluding hydrogens is 232 g/mol. The summed E-state index contributed by atoms with van der Waals surface area (Å²) in [6, 6.07) is 0.482. The van der Waals surface area contributed by atoms with Gasteiger partial charge in [-0.1, -0.05) is 6.92 Å². The predicted octanol–water partition coefficient (Wildman–Crippen LogP) is 0.539. The molecule has 1 rings (SSSR count). The van der Waals surface area contributed by atoms with Crippen LogP contribution in [0.25, 0.3) is 0 Å². The van der Waals surface area contributed by atoms with E-state index >= 15 is 0 Å². The second-order valence-electron chi connectivity index (χ2n) is 3.91. The van der Waals surface area contributed by atoms with Crippen molar-refractivity contribution in [2.75, 3.05) is 18.1 Å². The Morgan fingerprint density at radius 3 is 2.80 bits per heavy atom. The quantitative estimate of drug-likeness (QED) is 0.723. The number of sulfonamides is 1. The highest BCUT2D eigenvalue weighted by atomic mass is 32.2. The van der Waals surface area contributed by atoms with E-state index in [-0.39, 0.29) is 5.75 Å². The summed E-state index contributed by atoms with van der Waals surface area (Å²) in [5.74, 6) is 1.20. The van der Waals surface area contributed by atoms with Gasteiger partial charge in [0.15, 0.2) is 0 Å². The number of hydrogen-bond donors (Lipinski definition) is 2. The maximum atomic E-state index is 10.7. The lowest BCUT2D eigenvalue weighted by Crippen LogP contribution is -2.33. The molecular formula is C9H20N2O2S2. The van der Waals surface area contributed by atoms with Crippen LogP contribution in [0.2, 0.25) is 0 Å². The van der Waals surface area contributed by atoms with E-state index < -0.39 is 10.0 Å². The van der Waals surface area contributed by atoms with Crippen LogP contribution in [-0.2, 0) is 10.0 Å². The van der Waals surface area contributed by atoms with Crippen LogP contribution in [0.5, 0.6) is 0 Å². The first-order valence-corrected chi connectivity index (χ1v) is 8.13. The van der Waals surface area contributed by atoms with Crippen LogP contribution in [0.15, 0.2) is 0 Å². The van der Waals surface area contributed by atoms with E-state index in [1.807, 2.05) is 11.8 Å². The summed E-state index contributed by atoms with van der Waals surface area (Å²) in [5, 5.41) is 8.93. The summed E-state index contributed by atoms with van der Waals surface area (Å²) in [7, 11) is -3.31. The van der Waals surface area contributed by atoms with Gasteiger partial charge in [-0.2, -0.15) is 11.8 Å². The van der Waals surface area contributed by atoms with Crippen LogP contribution in [0, 0.1) is 0 Å². The summed E-state index contributed by atoms with van der Waals surface area (Å²) in [5.41, 5.74) is 0. The lowest BCUT2D eigenvalue weighted by molar-refractivity contribution is 0.537. The molecule has 0 aromatic rings. The van der Waals surface area contributed by atoms with Crippen molar-refractivity contribution < 1.29 is 8.42 Å². The molecule has 0 amide bonds. The van der Waals surface area contributed by atoms with Gasteiger partial charge in [0.1, 0.15) is 0 Å². The predicted molar refractivity (Wildman–Crippen MR) is 65.5 cm³/mol. The molecule has 6 heteroatoms. The second-order valence-corrected chi connectivity index (χ2v) is 7.22. The van der Waals surface area contributed by atoms with Gasteiger partial charge in [0.05, 0.1) is 5.75 Å². The van der Waals surface area contributed by atoms with E-state index in [0.717, 1.165) is 23.8 Å². The number of nitrogens with one attached hydrogen (secondary N) is 1. The minimum atomic E-state index is -3.31. The maximum Gasteiger partial charge on any atom is 0.210 e. The van der Waals surface area contributed by atoms with Crippen LogP contribution < -0.4 is 10.5 Å². The summed E-state index contributed by atoms with van der Waals surface area (Å²) < 4.78 is 21.4. The van der Waals surface area contributed by atoms with Crippen LogP contribution in [-0.4, -0.2) is 37.8 Å². The van der Waals surface area contributed by atoms with Gasteiger partial charge in [0.25, 0.3) is 0 Å². The smallest absolute Gasteiger partial charge is 0.210 e. The molecule has 0 aromatic heterocycles. The van der Waals surface area contributed by atoms with Crippen molar-refractivity contribution in [1.29, 1.82) is 0 Å². The average molecular weight is 252 g/mol. The third-order valence-corrected chi connectivity index (χ3v) is 4.61. The minimum Gasteiger partial charge on any atom is -0.313 e. The molecule has 15 heavy (non-hydrogen) atoms. The molecule has 1 saturated carbocycles. The molecule has 1 fully saturated rings. The fraction of sp³-hybridized carbons (Fsp3) is 1.00. The number of hydrogen-bond acceptors (Lipinski definition) is 4. The fourth-order valence-corrected chi connectivity index (χ4v) is 3.46. The van der Waals surface area contributed by atoms with Crippen LogP contribution in [0.3, 0.4) is 0 Å². The Labute approximate surface area is 96.4 Å². The zero-order valence-electron chi connectivity index (χ0n) is 9.11. The molecule has 0 aliphatic heterocycles. The molecule has 0 bridgehead atoms. The molecule has 0 aromatic carbocycles. The molecule has 90 valence electrons. The Balaban J connectivity index is 2.14. The van der Waals surface area contributed by atoms with Crippen molar-refractivity contribution in [2.45, 2.75) is 37.5 Å². The van der Waals surface area contributed by atoms with E-state index in [1.165, 1.54) is 6.42 Å². The second kappa shape index (κ2) is 6.08. The van der Waals surface area contributed by atoms with Crippen molar-refractivity contribution in [1.82, 2.24) is 5.32 Å². The summed E-state index contributed by atoms with van der Waals surface area (Å²) in [6.07, 6.45) is 3.55. The normalized spacial score (nSPS) is 27.1. The molecule has 0 spiro atoms.